The van der Waals surface area contributed by atoms with E-state index in [4.69, 9.17) is 4.74 Å². The number of ether oxygens (including phenoxy) is 1. The molecule has 2 aromatic carbocycles. The molecule has 0 N–H and O–H groups in total. The highest BCUT2D eigenvalue weighted by molar-refractivity contribution is 5.28. The van der Waals surface area contributed by atoms with E-state index < -0.39 is 11.6 Å². The summed E-state index contributed by atoms with van der Waals surface area (Å²) in [6.45, 7) is 2.17. The van der Waals surface area contributed by atoms with Gasteiger partial charge in [-0.15, -0.1) is 0 Å². The number of hydrogen-bond acceptors (Lipinski definition) is 1. The second-order valence-electron chi connectivity index (χ2n) is 3.77. The largest absolute Gasteiger partial charge is 0.486 e. The maximum atomic E-state index is 13.3. The number of aryl methyl sites for hydroxylation is 1. The van der Waals surface area contributed by atoms with Gasteiger partial charge in [-0.2, -0.15) is 4.39 Å². The Balaban J connectivity index is 2.13. The van der Waals surface area contributed by atoms with Crippen LogP contribution in [0.25, 0.3) is 0 Å². The molecule has 0 spiro atoms. The van der Waals surface area contributed by atoms with Crippen molar-refractivity contribution in [2.24, 2.45) is 0 Å². The van der Waals surface area contributed by atoms with Crippen LogP contribution in [-0.2, 0) is 6.61 Å². The van der Waals surface area contributed by atoms with Gasteiger partial charge in [-0.1, -0.05) is 30.3 Å². The highest BCUT2D eigenvalue weighted by Gasteiger charge is 2.08. The fourth-order valence-electron chi connectivity index (χ4n) is 1.52. The molecule has 0 heterocycles. The summed E-state index contributed by atoms with van der Waals surface area (Å²) >= 11 is 0. The van der Waals surface area contributed by atoms with Crippen LogP contribution in [0, 0.1) is 18.6 Å². The molecule has 0 bridgehead atoms. The Morgan fingerprint density at radius 2 is 1.76 bits per heavy atom. The van der Waals surface area contributed by atoms with Gasteiger partial charge in [0.25, 0.3) is 0 Å². The Bertz CT molecular complexity index is 523. The van der Waals surface area contributed by atoms with Gasteiger partial charge >= 0.3 is 0 Å². The first kappa shape index (κ1) is 11.6. The molecule has 0 atom stereocenters. The summed E-state index contributed by atoms with van der Waals surface area (Å²) in [4.78, 5) is 0. The van der Waals surface area contributed by atoms with Crippen LogP contribution in [0.5, 0.6) is 5.75 Å². The third kappa shape index (κ3) is 2.61. The molecule has 1 nitrogen and oxygen atoms in total. The van der Waals surface area contributed by atoms with Crippen LogP contribution in [0.2, 0.25) is 0 Å². The van der Waals surface area contributed by atoms with E-state index in [1.165, 1.54) is 12.1 Å². The second kappa shape index (κ2) is 4.95. The van der Waals surface area contributed by atoms with Gasteiger partial charge in [0.2, 0.25) is 5.82 Å². The molecule has 0 aliphatic heterocycles. The lowest BCUT2D eigenvalue weighted by molar-refractivity contribution is 0.284. The monoisotopic (exact) mass is 234 g/mol. The fourth-order valence-corrected chi connectivity index (χ4v) is 1.52. The van der Waals surface area contributed by atoms with Gasteiger partial charge in [-0.25, -0.2) is 4.39 Å². The number of rotatable bonds is 3. The van der Waals surface area contributed by atoms with E-state index in [2.05, 4.69) is 0 Å². The van der Waals surface area contributed by atoms with E-state index in [1.54, 1.807) is 0 Å². The van der Waals surface area contributed by atoms with Crippen molar-refractivity contribution in [2.75, 3.05) is 0 Å². The summed E-state index contributed by atoms with van der Waals surface area (Å²) in [7, 11) is 0. The lowest BCUT2D eigenvalue weighted by Crippen LogP contribution is -2.00. The average Bonchev–Trinajstić information content (AvgIpc) is 2.33. The smallest absolute Gasteiger partial charge is 0.200 e. The molecule has 0 unspecified atom stereocenters. The van der Waals surface area contributed by atoms with Gasteiger partial charge in [0.15, 0.2) is 11.6 Å². The van der Waals surface area contributed by atoms with Crippen molar-refractivity contribution in [3.63, 3.8) is 0 Å². The summed E-state index contributed by atoms with van der Waals surface area (Å²) in [6.07, 6.45) is 0. The Hall–Kier alpha value is -1.90. The standard InChI is InChI=1S/C14H12F2O/c1-10-5-2-3-6-11(10)9-17-13-8-4-7-12(15)14(13)16/h2-8H,9H2,1H3. The zero-order valence-electron chi connectivity index (χ0n) is 9.41. The van der Waals surface area contributed by atoms with Gasteiger partial charge in [-0.05, 0) is 30.2 Å². The zero-order valence-corrected chi connectivity index (χ0v) is 9.41. The van der Waals surface area contributed by atoms with E-state index >= 15 is 0 Å². The van der Waals surface area contributed by atoms with Crippen LogP contribution < -0.4 is 4.74 Å². The minimum Gasteiger partial charge on any atom is -0.486 e. The highest BCUT2D eigenvalue weighted by atomic mass is 19.2. The van der Waals surface area contributed by atoms with E-state index in [0.717, 1.165) is 17.2 Å². The quantitative estimate of drug-likeness (QED) is 0.783. The summed E-state index contributed by atoms with van der Waals surface area (Å²) in [5.74, 6) is -1.90. The summed E-state index contributed by atoms with van der Waals surface area (Å²) < 4.78 is 31.5. The summed E-state index contributed by atoms with van der Waals surface area (Å²) in [5.41, 5.74) is 2.01. The van der Waals surface area contributed by atoms with Crippen molar-refractivity contribution < 1.29 is 13.5 Å². The first-order chi connectivity index (χ1) is 8.18. The van der Waals surface area contributed by atoms with Crippen molar-refractivity contribution in [3.05, 3.63) is 65.2 Å². The third-order valence-electron chi connectivity index (χ3n) is 2.56. The molecule has 0 saturated heterocycles. The molecule has 0 amide bonds. The minimum absolute atomic E-state index is 0.0618. The minimum atomic E-state index is -0.943. The maximum Gasteiger partial charge on any atom is 0.200 e. The molecule has 0 saturated carbocycles. The molecular weight excluding hydrogens is 222 g/mol. The Morgan fingerprint density at radius 3 is 2.53 bits per heavy atom. The van der Waals surface area contributed by atoms with E-state index in [-0.39, 0.29) is 12.4 Å². The van der Waals surface area contributed by atoms with Crippen LogP contribution in [0.3, 0.4) is 0 Å². The first-order valence-corrected chi connectivity index (χ1v) is 5.30. The van der Waals surface area contributed by atoms with Crippen LogP contribution in [0.1, 0.15) is 11.1 Å². The van der Waals surface area contributed by atoms with Crippen molar-refractivity contribution in [1.82, 2.24) is 0 Å². The van der Waals surface area contributed by atoms with Gasteiger partial charge in [-0.3, -0.25) is 0 Å². The summed E-state index contributed by atoms with van der Waals surface area (Å²) in [6, 6.07) is 11.5. The van der Waals surface area contributed by atoms with E-state index in [9.17, 15) is 8.78 Å². The Kier molecular flexibility index (Phi) is 3.38. The van der Waals surface area contributed by atoms with Crippen molar-refractivity contribution in [1.29, 1.82) is 0 Å². The SMILES string of the molecule is Cc1ccccc1COc1cccc(F)c1F. The zero-order chi connectivity index (χ0) is 12.3. The van der Waals surface area contributed by atoms with Crippen molar-refractivity contribution in [3.8, 4) is 5.75 Å². The predicted molar refractivity (Wildman–Crippen MR) is 61.9 cm³/mol. The van der Waals surface area contributed by atoms with Gasteiger partial charge in [0.1, 0.15) is 6.61 Å². The van der Waals surface area contributed by atoms with Crippen LogP contribution in [0.4, 0.5) is 8.78 Å². The predicted octanol–water partition coefficient (Wildman–Crippen LogP) is 3.85. The molecule has 2 rings (SSSR count). The lowest BCUT2D eigenvalue weighted by atomic mass is 10.1. The lowest BCUT2D eigenvalue weighted by Gasteiger charge is -2.09. The molecule has 2 aromatic rings. The third-order valence-corrected chi connectivity index (χ3v) is 2.56. The first-order valence-electron chi connectivity index (χ1n) is 5.30. The van der Waals surface area contributed by atoms with Crippen molar-refractivity contribution >= 4 is 0 Å². The molecule has 0 aliphatic carbocycles. The molecule has 0 aliphatic rings. The van der Waals surface area contributed by atoms with Gasteiger partial charge in [0, 0.05) is 0 Å². The van der Waals surface area contributed by atoms with Gasteiger partial charge in [0.05, 0.1) is 0 Å². The average molecular weight is 234 g/mol. The van der Waals surface area contributed by atoms with Crippen LogP contribution in [0.15, 0.2) is 42.5 Å². The molecular formula is C14H12F2O. The fraction of sp³-hybridized carbons (Fsp3) is 0.143. The van der Waals surface area contributed by atoms with Crippen LogP contribution >= 0.6 is 0 Å². The maximum absolute atomic E-state index is 13.3. The Labute approximate surface area is 98.7 Å². The topological polar surface area (TPSA) is 9.23 Å². The van der Waals surface area contributed by atoms with Crippen LogP contribution in [-0.4, -0.2) is 0 Å². The Morgan fingerprint density at radius 1 is 1.00 bits per heavy atom. The second-order valence-corrected chi connectivity index (χ2v) is 3.77. The van der Waals surface area contributed by atoms with E-state index in [0.29, 0.717) is 0 Å². The van der Waals surface area contributed by atoms with Crippen molar-refractivity contribution in [2.45, 2.75) is 13.5 Å². The molecule has 0 fully saturated rings. The normalized spacial score (nSPS) is 10.3. The van der Waals surface area contributed by atoms with E-state index in [1.807, 2.05) is 31.2 Å². The number of hydrogen-bond donors (Lipinski definition) is 0. The summed E-state index contributed by atoms with van der Waals surface area (Å²) in [5, 5.41) is 0. The molecule has 3 heteroatoms. The highest BCUT2D eigenvalue weighted by Crippen LogP contribution is 2.20. The molecule has 0 radical (unpaired) electrons. The molecule has 0 aromatic heterocycles. The number of benzene rings is 2. The number of halogens is 2. The van der Waals surface area contributed by atoms with Gasteiger partial charge < -0.3 is 4.74 Å². The molecule has 88 valence electrons. The molecule has 17 heavy (non-hydrogen) atoms.